The standard InChI is InChI=1S/C14H15FN2O/c15-11-4-3-10-5-6-17(12(10)8-11)13(9-16)14-2-1-7-18-14/h1-4,7-8,13H,5-6,9,16H2. The summed E-state index contributed by atoms with van der Waals surface area (Å²) in [6, 6.07) is 8.67. The van der Waals surface area contributed by atoms with Gasteiger partial charge in [-0.25, -0.2) is 4.39 Å². The lowest BCUT2D eigenvalue weighted by Gasteiger charge is -2.27. The number of fused-ring (bicyclic) bond motifs is 1. The lowest BCUT2D eigenvalue weighted by Crippen LogP contribution is -2.32. The van der Waals surface area contributed by atoms with E-state index in [1.165, 1.54) is 11.6 Å². The number of hydrogen-bond acceptors (Lipinski definition) is 3. The lowest BCUT2D eigenvalue weighted by molar-refractivity contribution is 0.454. The zero-order valence-electron chi connectivity index (χ0n) is 9.97. The van der Waals surface area contributed by atoms with Gasteiger partial charge in [0.2, 0.25) is 0 Å². The number of anilines is 1. The first-order valence-corrected chi connectivity index (χ1v) is 6.08. The summed E-state index contributed by atoms with van der Waals surface area (Å²) in [6.45, 7) is 1.30. The van der Waals surface area contributed by atoms with E-state index in [2.05, 4.69) is 4.90 Å². The van der Waals surface area contributed by atoms with E-state index in [1.54, 1.807) is 12.3 Å². The Morgan fingerprint density at radius 3 is 3.00 bits per heavy atom. The Hall–Kier alpha value is -1.81. The predicted octanol–water partition coefficient (Wildman–Crippen LogP) is 2.48. The van der Waals surface area contributed by atoms with Gasteiger partial charge in [-0.05, 0) is 36.2 Å². The van der Waals surface area contributed by atoms with E-state index in [4.69, 9.17) is 10.2 Å². The van der Waals surface area contributed by atoms with Crippen molar-refractivity contribution in [2.75, 3.05) is 18.0 Å². The highest BCUT2D eigenvalue weighted by atomic mass is 19.1. The van der Waals surface area contributed by atoms with Crippen molar-refractivity contribution < 1.29 is 8.81 Å². The smallest absolute Gasteiger partial charge is 0.127 e. The topological polar surface area (TPSA) is 42.4 Å². The molecule has 0 saturated carbocycles. The van der Waals surface area contributed by atoms with Crippen molar-refractivity contribution in [2.45, 2.75) is 12.5 Å². The molecule has 1 unspecified atom stereocenters. The van der Waals surface area contributed by atoms with Crippen molar-refractivity contribution in [3.8, 4) is 0 Å². The molecule has 3 nitrogen and oxygen atoms in total. The Bertz CT molecular complexity index is 539. The van der Waals surface area contributed by atoms with Crippen molar-refractivity contribution in [3.05, 3.63) is 53.7 Å². The summed E-state index contributed by atoms with van der Waals surface area (Å²) in [5.41, 5.74) is 7.94. The van der Waals surface area contributed by atoms with Crippen molar-refractivity contribution in [3.63, 3.8) is 0 Å². The minimum Gasteiger partial charge on any atom is -0.467 e. The summed E-state index contributed by atoms with van der Waals surface area (Å²) in [4.78, 5) is 2.12. The first-order valence-electron chi connectivity index (χ1n) is 6.08. The van der Waals surface area contributed by atoms with Crippen LogP contribution in [-0.2, 0) is 6.42 Å². The molecule has 0 amide bonds. The number of rotatable bonds is 3. The summed E-state index contributed by atoms with van der Waals surface area (Å²) in [6.07, 6.45) is 2.56. The summed E-state index contributed by atoms with van der Waals surface area (Å²) < 4.78 is 18.8. The second-order valence-electron chi connectivity index (χ2n) is 4.48. The van der Waals surface area contributed by atoms with Gasteiger partial charge in [0.25, 0.3) is 0 Å². The van der Waals surface area contributed by atoms with Gasteiger partial charge in [0, 0.05) is 18.8 Å². The summed E-state index contributed by atoms with van der Waals surface area (Å²) >= 11 is 0. The second kappa shape index (κ2) is 4.46. The third-order valence-electron chi connectivity index (χ3n) is 3.45. The molecule has 94 valence electrons. The molecule has 3 rings (SSSR count). The number of furan rings is 1. The Balaban J connectivity index is 1.97. The Morgan fingerprint density at radius 2 is 2.28 bits per heavy atom. The van der Waals surface area contributed by atoms with E-state index in [0.29, 0.717) is 6.54 Å². The molecule has 2 N–H and O–H groups in total. The fourth-order valence-electron chi connectivity index (χ4n) is 2.58. The third kappa shape index (κ3) is 1.78. The summed E-state index contributed by atoms with van der Waals surface area (Å²) in [7, 11) is 0. The number of hydrogen-bond donors (Lipinski definition) is 1. The molecule has 0 spiro atoms. The minimum atomic E-state index is -0.212. The SMILES string of the molecule is NCC(c1ccco1)N1CCc2ccc(F)cc21. The van der Waals surface area contributed by atoms with Crippen molar-refractivity contribution in [1.29, 1.82) is 0 Å². The van der Waals surface area contributed by atoms with Gasteiger partial charge in [0.15, 0.2) is 0 Å². The highest BCUT2D eigenvalue weighted by Crippen LogP contribution is 2.35. The Labute approximate surface area is 105 Å². The van der Waals surface area contributed by atoms with Crippen molar-refractivity contribution >= 4 is 5.69 Å². The highest BCUT2D eigenvalue weighted by Gasteiger charge is 2.28. The molecule has 0 radical (unpaired) electrons. The van der Waals surface area contributed by atoms with E-state index in [-0.39, 0.29) is 11.9 Å². The molecule has 1 aliphatic rings. The van der Waals surface area contributed by atoms with E-state index in [9.17, 15) is 4.39 Å². The average molecular weight is 246 g/mol. The normalized spacial score (nSPS) is 15.8. The van der Waals surface area contributed by atoms with Crippen LogP contribution in [-0.4, -0.2) is 13.1 Å². The maximum atomic E-state index is 13.4. The molecule has 0 fully saturated rings. The average Bonchev–Trinajstić information content (AvgIpc) is 3.01. The van der Waals surface area contributed by atoms with Crippen LogP contribution in [0.5, 0.6) is 0 Å². The molecule has 0 saturated heterocycles. The van der Waals surface area contributed by atoms with Gasteiger partial charge >= 0.3 is 0 Å². The molecule has 4 heteroatoms. The Kier molecular flexibility index (Phi) is 2.80. The van der Waals surface area contributed by atoms with E-state index in [0.717, 1.165) is 24.4 Å². The molecule has 2 aromatic rings. The maximum Gasteiger partial charge on any atom is 0.127 e. The van der Waals surface area contributed by atoms with Gasteiger partial charge in [-0.1, -0.05) is 6.07 Å². The number of nitrogens with zero attached hydrogens (tertiary/aromatic N) is 1. The fourth-order valence-corrected chi connectivity index (χ4v) is 2.58. The zero-order valence-corrected chi connectivity index (χ0v) is 9.97. The van der Waals surface area contributed by atoms with Crippen LogP contribution in [0.1, 0.15) is 17.4 Å². The molecular formula is C14H15FN2O. The molecule has 1 aromatic carbocycles. The molecule has 1 atom stereocenters. The van der Waals surface area contributed by atoms with Crippen LogP contribution in [0.4, 0.5) is 10.1 Å². The first-order chi connectivity index (χ1) is 8.79. The van der Waals surface area contributed by atoms with E-state index >= 15 is 0 Å². The Morgan fingerprint density at radius 1 is 1.39 bits per heavy atom. The molecule has 1 aromatic heterocycles. The van der Waals surface area contributed by atoms with Crippen LogP contribution >= 0.6 is 0 Å². The van der Waals surface area contributed by atoms with Gasteiger partial charge in [0.1, 0.15) is 11.6 Å². The molecule has 0 aliphatic carbocycles. The molecule has 2 heterocycles. The monoisotopic (exact) mass is 246 g/mol. The van der Waals surface area contributed by atoms with Crippen LogP contribution in [0.2, 0.25) is 0 Å². The second-order valence-corrected chi connectivity index (χ2v) is 4.48. The van der Waals surface area contributed by atoms with Crippen molar-refractivity contribution in [1.82, 2.24) is 0 Å². The number of halogens is 1. The van der Waals surface area contributed by atoms with Crippen molar-refractivity contribution in [2.24, 2.45) is 5.73 Å². The van der Waals surface area contributed by atoms with Gasteiger partial charge in [0.05, 0.1) is 12.3 Å². The van der Waals surface area contributed by atoms with Gasteiger partial charge in [-0.15, -0.1) is 0 Å². The molecular weight excluding hydrogens is 231 g/mol. The minimum absolute atomic E-state index is 0.0250. The molecule has 18 heavy (non-hydrogen) atoms. The van der Waals surface area contributed by atoms with Crippen LogP contribution in [0.3, 0.4) is 0 Å². The van der Waals surface area contributed by atoms with E-state index in [1.807, 2.05) is 18.2 Å². The molecule has 0 bridgehead atoms. The van der Waals surface area contributed by atoms with Crippen LogP contribution in [0.25, 0.3) is 0 Å². The largest absolute Gasteiger partial charge is 0.467 e. The number of nitrogens with two attached hydrogens (primary N) is 1. The number of benzene rings is 1. The van der Waals surface area contributed by atoms with Gasteiger partial charge in [-0.2, -0.15) is 0 Å². The van der Waals surface area contributed by atoms with Crippen LogP contribution < -0.4 is 10.6 Å². The third-order valence-corrected chi connectivity index (χ3v) is 3.45. The quantitative estimate of drug-likeness (QED) is 0.904. The fraction of sp³-hybridized carbons (Fsp3) is 0.286. The van der Waals surface area contributed by atoms with Gasteiger partial charge < -0.3 is 15.1 Å². The highest BCUT2D eigenvalue weighted by molar-refractivity contribution is 5.59. The van der Waals surface area contributed by atoms with E-state index < -0.39 is 0 Å². The van der Waals surface area contributed by atoms with Gasteiger partial charge in [-0.3, -0.25) is 0 Å². The molecule has 1 aliphatic heterocycles. The first kappa shape index (κ1) is 11.3. The maximum absolute atomic E-state index is 13.4. The zero-order chi connectivity index (χ0) is 12.5. The lowest BCUT2D eigenvalue weighted by atomic mass is 10.1. The predicted molar refractivity (Wildman–Crippen MR) is 68.0 cm³/mol. The van der Waals surface area contributed by atoms with Crippen LogP contribution in [0, 0.1) is 5.82 Å². The summed E-state index contributed by atoms with van der Waals surface area (Å²) in [5.74, 6) is 0.616. The van der Waals surface area contributed by atoms with Crippen LogP contribution in [0.15, 0.2) is 41.0 Å². The summed E-state index contributed by atoms with van der Waals surface area (Å²) in [5, 5.41) is 0.